The van der Waals surface area contributed by atoms with Crippen molar-refractivity contribution in [3.05, 3.63) is 21.9 Å². The number of nitrogens with one attached hydrogen (secondary N) is 1. The van der Waals surface area contributed by atoms with E-state index < -0.39 is 0 Å². The highest BCUT2D eigenvalue weighted by atomic mass is 32.1. The van der Waals surface area contributed by atoms with Crippen LogP contribution in [0.25, 0.3) is 0 Å². The molecule has 0 spiro atoms. The highest BCUT2D eigenvalue weighted by Crippen LogP contribution is 2.20. The van der Waals surface area contributed by atoms with E-state index in [1.54, 1.807) is 18.4 Å². The summed E-state index contributed by atoms with van der Waals surface area (Å²) in [5.41, 5.74) is 1.34. The second-order valence-corrected chi connectivity index (χ2v) is 4.17. The maximum Gasteiger partial charge on any atom is 0.0657 e. The second-order valence-electron chi connectivity index (χ2n) is 3.06. The molecule has 1 unspecified atom stereocenters. The van der Waals surface area contributed by atoms with E-state index in [0.717, 1.165) is 13.2 Å². The fourth-order valence-electron chi connectivity index (χ4n) is 1.33. The number of hydrogen-bond donors (Lipinski definition) is 1. The van der Waals surface area contributed by atoms with Crippen molar-refractivity contribution in [1.29, 1.82) is 0 Å². The zero-order chi connectivity index (χ0) is 9.68. The normalized spacial score (nSPS) is 13.2. The largest absolute Gasteiger partial charge is 0.383 e. The number of likely N-dealkylation sites (N-methyl/N-ethyl adjacent to an activating group) is 1. The first-order valence-corrected chi connectivity index (χ1v) is 5.43. The van der Waals surface area contributed by atoms with Crippen LogP contribution < -0.4 is 5.32 Å². The molecule has 13 heavy (non-hydrogen) atoms. The Morgan fingerprint density at radius 2 is 2.38 bits per heavy atom. The second kappa shape index (κ2) is 5.37. The van der Waals surface area contributed by atoms with Crippen LogP contribution in [0.1, 0.15) is 23.4 Å². The molecular weight excluding hydrogens is 182 g/mol. The summed E-state index contributed by atoms with van der Waals surface area (Å²) in [6.07, 6.45) is 0. The molecule has 74 valence electrons. The van der Waals surface area contributed by atoms with E-state index in [0.29, 0.717) is 6.04 Å². The third-order valence-corrected chi connectivity index (χ3v) is 2.82. The van der Waals surface area contributed by atoms with Gasteiger partial charge in [-0.25, -0.2) is 0 Å². The fourth-order valence-corrected chi connectivity index (χ4v) is 2.09. The Hall–Kier alpha value is -0.380. The van der Waals surface area contributed by atoms with Crippen LogP contribution in [0.4, 0.5) is 0 Å². The molecule has 0 fully saturated rings. The third kappa shape index (κ3) is 3.10. The molecule has 0 aliphatic heterocycles. The van der Waals surface area contributed by atoms with Crippen LogP contribution >= 0.6 is 11.3 Å². The Balaban J connectivity index is 2.63. The lowest BCUT2D eigenvalue weighted by atomic mass is 10.1. The number of hydrogen-bond acceptors (Lipinski definition) is 3. The van der Waals surface area contributed by atoms with Crippen LogP contribution in [0.2, 0.25) is 0 Å². The molecule has 0 aliphatic carbocycles. The summed E-state index contributed by atoms with van der Waals surface area (Å²) in [7, 11) is 1.74. The van der Waals surface area contributed by atoms with Gasteiger partial charge in [0.2, 0.25) is 0 Å². The summed E-state index contributed by atoms with van der Waals surface area (Å²) in [4.78, 5) is 1.36. The van der Waals surface area contributed by atoms with E-state index in [9.17, 15) is 0 Å². The minimum absolute atomic E-state index is 0.347. The minimum atomic E-state index is 0.347. The molecule has 0 radical (unpaired) electrons. The number of rotatable bonds is 5. The molecule has 0 bridgehead atoms. The maximum absolute atomic E-state index is 5.16. The topological polar surface area (TPSA) is 21.3 Å². The Labute approximate surface area is 83.9 Å². The SMILES string of the molecule is CCNC(COC)c1csc(C)c1. The van der Waals surface area contributed by atoms with Crippen molar-refractivity contribution in [1.82, 2.24) is 5.32 Å². The summed E-state index contributed by atoms with van der Waals surface area (Å²) in [6.45, 7) is 5.96. The van der Waals surface area contributed by atoms with Crippen LogP contribution in [0.5, 0.6) is 0 Å². The Morgan fingerprint density at radius 1 is 1.62 bits per heavy atom. The van der Waals surface area contributed by atoms with Gasteiger partial charge in [0.15, 0.2) is 0 Å². The van der Waals surface area contributed by atoms with Gasteiger partial charge in [-0.2, -0.15) is 0 Å². The predicted octanol–water partition coefficient (Wildman–Crippen LogP) is 2.35. The van der Waals surface area contributed by atoms with E-state index in [-0.39, 0.29) is 0 Å². The Morgan fingerprint density at radius 3 is 2.85 bits per heavy atom. The van der Waals surface area contributed by atoms with E-state index in [2.05, 4.69) is 30.6 Å². The lowest BCUT2D eigenvalue weighted by Gasteiger charge is -2.15. The molecule has 3 heteroatoms. The molecule has 0 saturated carbocycles. The van der Waals surface area contributed by atoms with Crippen LogP contribution in [0, 0.1) is 6.92 Å². The number of thiophene rings is 1. The van der Waals surface area contributed by atoms with E-state index in [1.165, 1.54) is 10.4 Å². The van der Waals surface area contributed by atoms with Crippen molar-refractivity contribution < 1.29 is 4.74 Å². The maximum atomic E-state index is 5.16. The van der Waals surface area contributed by atoms with Gasteiger partial charge in [-0.1, -0.05) is 6.92 Å². The van der Waals surface area contributed by atoms with Crippen LogP contribution in [0.15, 0.2) is 11.4 Å². The average Bonchev–Trinajstić information content (AvgIpc) is 2.51. The zero-order valence-corrected chi connectivity index (χ0v) is 9.28. The first-order chi connectivity index (χ1) is 6.27. The first kappa shape index (κ1) is 10.7. The third-order valence-electron chi connectivity index (χ3n) is 1.94. The standard InChI is InChI=1S/C10H17NOS/c1-4-11-10(6-12-3)9-5-8(2)13-7-9/h5,7,10-11H,4,6H2,1-3H3. The van der Waals surface area contributed by atoms with E-state index in [4.69, 9.17) is 4.74 Å². The quantitative estimate of drug-likeness (QED) is 0.786. The van der Waals surface area contributed by atoms with Gasteiger partial charge in [0.05, 0.1) is 12.6 Å². The number of aryl methyl sites for hydroxylation is 1. The first-order valence-electron chi connectivity index (χ1n) is 4.55. The van der Waals surface area contributed by atoms with Crippen molar-refractivity contribution >= 4 is 11.3 Å². The highest BCUT2D eigenvalue weighted by molar-refractivity contribution is 7.10. The fraction of sp³-hybridized carbons (Fsp3) is 0.600. The van der Waals surface area contributed by atoms with Crippen molar-refractivity contribution in [2.24, 2.45) is 0 Å². The molecule has 0 aliphatic rings. The molecule has 1 heterocycles. The van der Waals surface area contributed by atoms with Crippen molar-refractivity contribution in [2.45, 2.75) is 19.9 Å². The molecule has 1 atom stereocenters. The summed E-state index contributed by atoms with van der Waals surface area (Å²) in [5, 5.41) is 5.59. The molecule has 0 aromatic carbocycles. The summed E-state index contributed by atoms with van der Waals surface area (Å²) >= 11 is 1.79. The lowest BCUT2D eigenvalue weighted by Crippen LogP contribution is -2.24. The van der Waals surface area contributed by atoms with Gasteiger partial charge in [-0.05, 0) is 30.5 Å². The van der Waals surface area contributed by atoms with Gasteiger partial charge in [0, 0.05) is 12.0 Å². The predicted molar refractivity (Wildman–Crippen MR) is 57.3 cm³/mol. The molecule has 1 aromatic rings. The van der Waals surface area contributed by atoms with Crippen molar-refractivity contribution in [2.75, 3.05) is 20.3 Å². The van der Waals surface area contributed by atoms with Gasteiger partial charge >= 0.3 is 0 Å². The molecule has 1 rings (SSSR count). The van der Waals surface area contributed by atoms with Gasteiger partial charge in [-0.15, -0.1) is 11.3 Å². The lowest BCUT2D eigenvalue weighted by molar-refractivity contribution is 0.168. The molecule has 0 amide bonds. The number of methoxy groups -OCH3 is 1. The Kier molecular flexibility index (Phi) is 4.42. The molecule has 0 saturated heterocycles. The summed E-state index contributed by atoms with van der Waals surface area (Å²) in [5.74, 6) is 0. The molecule has 1 N–H and O–H groups in total. The van der Waals surface area contributed by atoms with Gasteiger partial charge in [0.25, 0.3) is 0 Å². The van der Waals surface area contributed by atoms with Crippen molar-refractivity contribution in [3.8, 4) is 0 Å². The highest BCUT2D eigenvalue weighted by Gasteiger charge is 2.10. The summed E-state index contributed by atoms with van der Waals surface area (Å²) < 4.78 is 5.16. The minimum Gasteiger partial charge on any atom is -0.383 e. The van der Waals surface area contributed by atoms with Crippen molar-refractivity contribution in [3.63, 3.8) is 0 Å². The monoisotopic (exact) mass is 199 g/mol. The zero-order valence-electron chi connectivity index (χ0n) is 8.46. The Bertz CT molecular complexity index is 241. The van der Waals surface area contributed by atoms with Gasteiger partial charge in [0.1, 0.15) is 0 Å². The summed E-state index contributed by atoms with van der Waals surface area (Å²) in [6, 6.07) is 2.57. The number of ether oxygens (including phenoxy) is 1. The van der Waals surface area contributed by atoms with Gasteiger partial charge < -0.3 is 10.1 Å². The van der Waals surface area contributed by atoms with E-state index >= 15 is 0 Å². The van der Waals surface area contributed by atoms with Crippen LogP contribution in [0.3, 0.4) is 0 Å². The molecule has 2 nitrogen and oxygen atoms in total. The average molecular weight is 199 g/mol. The van der Waals surface area contributed by atoms with E-state index in [1.807, 2.05) is 0 Å². The molecule has 1 aromatic heterocycles. The smallest absolute Gasteiger partial charge is 0.0657 e. The van der Waals surface area contributed by atoms with Crippen LogP contribution in [-0.4, -0.2) is 20.3 Å². The molecular formula is C10H17NOS. The van der Waals surface area contributed by atoms with Gasteiger partial charge in [-0.3, -0.25) is 0 Å². The van der Waals surface area contributed by atoms with Crippen LogP contribution in [-0.2, 0) is 4.74 Å².